The normalized spacial score (nSPS) is 12.7. The first kappa shape index (κ1) is 25.1. The molecule has 0 atom stereocenters. The van der Waals surface area contributed by atoms with Crippen LogP contribution in [0.15, 0.2) is 60.8 Å². The number of aliphatic hydroxyl groups excluding tert-OH is 2. The van der Waals surface area contributed by atoms with Gasteiger partial charge < -0.3 is 14.9 Å². The molecule has 0 fully saturated rings. The van der Waals surface area contributed by atoms with Gasteiger partial charge in [0.25, 0.3) is 0 Å². The van der Waals surface area contributed by atoms with Crippen LogP contribution >= 0.6 is 0 Å². The first-order chi connectivity index (χ1) is 13.2. The molecule has 0 aliphatic rings. The van der Waals surface area contributed by atoms with Crippen molar-refractivity contribution < 1.29 is 19.7 Å². The Morgan fingerprint density at radius 1 is 0.778 bits per heavy atom. The van der Waals surface area contributed by atoms with E-state index in [9.17, 15) is 4.79 Å². The van der Waals surface area contributed by atoms with Gasteiger partial charge in [-0.2, -0.15) is 0 Å². The van der Waals surface area contributed by atoms with Gasteiger partial charge in [-0.1, -0.05) is 67.7 Å². The summed E-state index contributed by atoms with van der Waals surface area (Å²) in [6.07, 6.45) is 27.4. The summed E-state index contributed by atoms with van der Waals surface area (Å²) in [7, 11) is 0. The molecule has 0 unspecified atom stereocenters. The second kappa shape index (κ2) is 20.4. The molecule has 0 amide bonds. The zero-order chi connectivity index (χ0) is 20.0. The minimum atomic E-state index is -0.800. The Morgan fingerprint density at radius 2 is 1.22 bits per heavy atom. The third-order valence-corrected chi connectivity index (χ3v) is 3.61. The number of ether oxygens (including phenoxy) is 1. The molecule has 0 radical (unpaired) electrons. The summed E-state index contributed by atoms with van der Waals surface area (Å²) in [5.41, 5.74) is 0. The van der Waals surface area contributed by atoms with E-state index in [0.29, 0.717) is 12.8 Å². The fourth-order valence-electron chi connectivity index (χ4n) is 2.11. The SMILES string of the molecule is CC/C=C\C/C=C\C/C=C\C/C=C\C/C=C\CCCC(=O)OC(CO)CO. The Labute approximate surface area is 164 Å². The fourth-order valence-corrected chi connectivity index (χ4v) is 2.11. The van der Waals surface area contributed by atoms with Crippen molar-refractivity contribution in [3.63, 3.8) is 0 Å². The molecule has 0 aromatic heterocycles. The minimum Gasteiger partial charge on any atom is -0.457 e. The van der Waals surface area contributed by atoms with Gasteiger partial charge in [0.15, 0.2) is 0 Å². The summed E-state index contributed by atoms with van der Waals surface area (Å²) in [5.74, 6) is -0.379. The van der Waals surface area contributed by atoms with Crippen LogP contribution < -0.4 is 0 Å². The average Bonchev–Trinajstić information content (AvgIpc) is 2.68. The third kappa shape index (κ3) is 18.7. The van der Waals surface area contributed by atoms with Crippen molar-refractivity contribution in [1.82, 2.24) is 0 Å². The van der Waals surface area contributed by atoms with E-state index in [4.69, 9.17) is 14.9 Å². The molecule has 0 aromatic rings. The van der Waals surface area contributed by atoms with E-state index in [1.165, 1.54) is 0 Å². The molecule has 4 heteroatoms. The lowest BCUT2D eigenvalue weighted by Crippen LogP contribution is -2.25. The Hall–Kier alpha value is -1.91. The van der Waals surface area contributed by atoms with Crippen molar-refractivity contribution in [2.24, 2.45) is 0 Å². The van der Waals surface area contributed by atoms with Crippen LogP contribution in [0.4, 0.5) is 0 Å². The highest BCUT2D eigenvalue weighted by Crippen LogP contribution is 2.02. The van der Waals surface area contributed by atoms with Gasteiger partial charge in [-0.3, -0.25) is 4.79 Å². The van der Waals surface area contributed by atoms with Gasteiger partial charge in [0.05, 0.1) is 13.2 Å². The van der Waals surface area contributed by atoms with Crippen LogP contribution in [0.25, 0.3) is 0 Å². The van der Waals surface area contributed by atoms with Crippen LogP contribution in [0, 0.1) is 0 Å². The first-order valence-electron chi connectivity index (χ1n) is 9.90. The molecule has 0 heterocycles. The molecule has 4 nitrogen and oxygen atoms in total. The minimum absolute atomic E-state index is 0.296. The van der Waals surface area contributed by atoms with E-state index >= 15 is 0 Å². The number of esters is 1. The summed E-state index contributed by atoms with van der Waals surface area (Å²) in [6.45, 7) is 1.44. The molecular weight excluding hydrogens is 340 g/mol. The van der Waals surface area contributed by atoms with E-state index in [-0.39, 0.29) is 19.2 Å². The van der Waals surface area contributed by atoms with Gasteiger partial charge in [0.2, 0.25) is 0 Å². The van der Waals surface area contributed by atoms with Gasteiger partial charge >= 0.3 is 5.97 Å². The van der Waals surface area contributed by atoms with Crippen LogP contribution in [0.5, 0.6) is 0 Å². The van der Waals surface area contributed by atoms with Gasteiger partial charge in [0.1, 0.15) is 6.10 Å². The summed E-state index contributed by atoms with van der Waals surface area (Å²) < 4.78 is 4.89. The third-order valence-electron chi connectivity index (χ3n) is 3.61. The number of carbonyl (C=O) groups is 1. The quantitative estimate of drug-likeness (QED) is 0.231. The maximum atomic E-state index is 11.4. The van der Waals surface area contributed by atoms with Gasteiger partial charge in [0, 0.05) is 6.42 Å². The molecule has 0 saturated carbocycles. The van der Waals surface area contributed by atoms with Crippen LogP contribution in [0.2, 0.25) is 0 Å². The van der Waals surface area contributed by atoms with Gasteiger partial charge in [-0.05, 0) is 44.9 Å². The smallest absolute Gasteiger partial charge is 0.306 e. The number of hydrogen-bond donors (Lipinski definition) is 2. The predicted molar refractivity (Wildman–Crippen MR) is 112 cm³/mol. The average molecular weight is 377 g/mol. The molecule has 0 aliphatic carbocycles. The highest BCUT2D eigenvalue weighted by molar-refractivity contribution is 5.69. The fraction of sp³-hybridized carbons (Fsp3) is 0.522. The van der Waals surface area contributed by atoms with E-state index in [2.05, 4.69) is 67.7 Å². The first-order valence-corrected chi connectivity index (χ1v) is 9.90. The van der Waals surface area contributed by atoms with Crippen molar-refractivity contribution in [1.29, 1.82) is 0 Å². The predicted octanol–water partition coefficient (Wildman–Crippen LogP) is 4.80. The molecule has 152 valence electrons. The lowest BCUT2D eigenvalue weighted by molar-refractivity contribution is -0.153. The van der Waals surface area contributed by atoms with Crippen molar-refractivity contribution in [2.45, 2.75) is 64.4 Å². The number of hydrogen-bond acceptors (Lipinski definition) is 4. The van der Waals surface area contributed by atoms with Crippen molar-refractivity contribution >= 4 is 5.97 Å². The molecule has 2 N–H and O–H groups in total. The van der Waals surface area contributed by atoms with Crippen LogP contribution in [0.1, 0.15) is 58.3 Å². The zero-order valence-electron chi connectivity index (χ0n) is 16.6. The standard InChI is InChI=1S/C23H36O4/c1-2-3-4-5-6-7-8-9-10-11-12-13-14-15-16-17-18-19-23(26)27-22(20-24)21-25/h3-4,6-7,9-10,12-13,15-16,22,24-25H,2,5,8,11,14,17-21H2,1H3/b4-3-,7-6-,10-9-,13-12-,16-15-. The molecular formula is C23H36O4. The number of carbonyl (C=O) groups excluding carboxylic acids is 1. The molecule has 0 rings (SSSR count). The molecule has 0 bridgehead atoms. The van der Waals surface area contributed by atoms with Crippen LogP contribution in [-0.4, -0.2) is 35.5 Å². The molecule has 0 aromatic carbocycles. The van der Waals surface area contributed by atoms with E-state index < -0.39 is 6.10 Å². The lowest BCUT2D eigenvalue weighted by atomic mass is 10.2. The lowest BCUT2D eigenvalue weighted by Gasteiger charge is -2.11. The van der Waals surface area contributed by atoms with Gasteiger partial charge in [-0.25, -0.2) is 0 Å². The van der Waals surface area contributed by atoms with Crippen molar-refractivity contribution in [2.75, 3.05) is 13.2 Å². The zero-order valence-corrected chi connectivity index (χ0v) is 16.6. The molecule has 0 saturated heterocycles. The highest BCUT2D eigenvalue weighted by atomic mass is 16.6. The summed E-state index contributed by atoms with van der Waals surface area (Å²) >= 11 is 0. The van der Waals surface area contributed by atoms with Crippen LogP contribution in [-0.2, 0) is 9.53 Å². The number of allylic oxidation sites excluding steroid dienone is 10. The summed E-state index contributed by atoms with van der Waals surface area (Å²) in [6, 6.07) is 0. The molecule has 0 spiro atoms. The second-order valence-electron chi connectivity index (χ2n) is 6.08. The van der Waals surface area contributed by atoms with E-state index in [0.717, 1.165) is 38.5 Å². The van der Waals surface area contributed by atoms with Gasteiger partial charge in [-0.15, -0.1) is 0 Å². The monoisotopic (exact) mass is 376 g/mol. The number of unbranched alkanes of at least 4 members (excludes halogenated alkanes) is 1. The summed E-state index contributed by atoms with van der Waals surface area (Å²) in [4.78, 5) is 11.4. The Kier molecular flexibility index (Phi) is 19.0. The maximum absolute atomic E-state index is 11.4. The summed E-state index contributed by atoms with van der Waals surface area (Å²) in [5, 5.41) is 17.7. The maximum Gasteiger partial charge on any atom is 0.306 e. The molecule has 0 aliphatic heterocycles. The Balaban J connectivity index is 3.58. The number of aliphatic hydroxyl groups is 2. The largest absolute Gasteiger partial charge is 0.457 e. The van der Waals surface area contributed by atoms with Crippen LogP contribution in [0.3, 0.4) is 0 Å². The van der Waals surface area contributed by atoms with E-state index in [1.54, 1.807) is 0 Å². The van der Waals surface area contributed by atoms with Crippen molar-refractivity contribution in [3.05, 3.63) is 60.8 Å². The van der Waals surface area contributed by atoms with Crippen molar-refractivity contribution in [3.8, 4) is 0 Å². The topological polar surface area (TPSA) is 66.8 Å². The second-order valence-corrected chi connectivity index (χ2v) is 6.08. The van der Waals surface area contributed by atoms with E-state index in [1.807, 2.05) is 0 Å². The Morgan fingerprint density at radius 3 is 1.67 bits per heavy atom. The Bertz CT molecular complexity index is 483. The molecule has 27 heavy (non-hydrogen) atoms. The number of rotatable bonds is 16. The highest BCUT2D eigenvalue weighted by Gasteiger charge is 2.11.